The van der Waals surface area contributed by atoms with Gasteiger partial charge in [-0.2, -0.15) is 5.10 Å². The molecule has 13 nitrogen and oxygen atoms in total. The fourth-order valence-corrected chi connectivity index (χ4v) is 5.23. The molecule has 2 aromatic carbocycles. The van der Waals surface area contributed by atoms with Crippen molar-refractivity contribution in [3.05, 3.63) is 70.6 Å². The summed E-state index contributed by atoms with van der Waals surface area (Å²) in [5.74, 6) is 0.110. The second-order valence-corrected chi connectivity index (χ2v) is 12.1. The molecular formula is C33H37ClN6O7. The van der Waals surface area contributed by atoms with E-state index in [1.807, 2.05) is 24.3 Å². The van der Waals surface area contributed by atoms with E-state index < -0.39 is 17.6 Å². The topological polar surface area (TPSA) is 146 Å². The van der Waals surface area contributed by atoms with E-state index in [2.05, 4.69) is 20.7 Å². The number of carbonyl (C=O) groups excluding carboxylic acids is 3. The number of anilines is 1. The van der Waals surface area contributed by atoms with E-state index >= 15 is 0 Å². The lowest BCUT2D eigenvalue weighted by Gasteiger charge is -2.32. The number of rotatable bonds is 10. The average Bonchev–Trinajstić information content (AvgIpc) is 3.41. The quantitative estimate of drug-likeness (QED) is 0.142. The highest BCUT2D eigenvalue weighted by molar-refractivity contribution is 6.30. The summed E-state index contributed by atoms with van der Waals surface area (Å²) < 4.78 is 23.6. The van der Waals surface area contributed by atoms with Gasteiger partial charge in [-0.3, -0.25) is 14.5 Å². The zero-order chi connectivity index (χ0) is 33.7. The number of amides is 2. The van der Waals surface area contributed by atoms with Crippen LogP contribution in [0.4, 0.5) is 10.5 Å². The van der Waals surface area contributed by atoms with Crippen LogP contribution in [0.3, 0.4) is 0 Å². The SMILES string of the molecule is COC(=O)Cc1cccc(CNCCNC(=O)c2nn(-c3cc4c(cc3OC)N(C(=O)OC(C)(C)C)CCO4)c3cc(Cl)ncc23)c1. The van der Waals surface area contributed by atoms with Crippen molar-refractivity contribution in [3.8, 4) is 17.2 Å². The number of esters is 1. The van der Waals surface area contributed by atoms with E-state index in [1.54, 1.807) is 43.7 Å². The summed E-state index contributed by atoms with van der Waals surface area (Å²) in [6, 6.07) is 12.7. The number of fused-ring (bicyclic) bond motifs is 2. The number of carbonyl (C=O) groups is 3. The molecule has 0 atom stereocenters. The van der Waals surface area contributed by atoms with Crippen LogP contribution in [0.15, 0.2) is 48.7 Å². The highest BCUT2D eigenvalue weighted by Crippen LogP contribution is 2.41. The summed E-state index contributed by atoms with van der Waals surface area (Å²) in [6.45, 7) is 7.34. The van der Waals surface area contributed by atoms with Crippen LogP contribution >= 0.6 is 11.6 Å². The number of halogens is 1. The molecule has 47 heavy (non-hydrogen) atoms. The molecule has 0 fully saturated rings. The molecule has 0 bridgehead atoms. The molecule has 1 aliphatic rings. The van der Waals surface area contributed by atoms with Gasteiger partial charge in [-0.05, 0) is 31.9 Å². The highest BCUT2D eigenvalue weighted by Gasteiger charge is 2.31. The lowest BCUT2D eigenvalue weighted by molar-refractivity contribution is -0.139. The number of ether oxygens (including phenoxy) is 4. The summed E-state index contributed by atoms with van der Waals surface area (Å²) in [5, 5.41) is 11.6. The molecule has 2 N–H and O–H groups in total. The Hall–Kier alpha value is -4.88. The van der Waals surface area contributed by atoms with Crippen LogP contribution in [0.5, 0.6) is 11.5 Å². The molecule has 14 heteroatoms. The summed E-state index contributed by atoms with van der Waals surface area (Å²) in [6.07, 6.45) is 1.21. The molecule has 4 aromatic rings. The molecule has 0 saturated carbocycles. The zero-order valence-electron chi connectivity index (χ0n) is 26.9. The Morgan fingerprint density at radius 2 is 1.83 bits per heavy atom. The maximum absolute atomic E-state index is 13.4. The van der Waals surface area contributed by atoms with Crippen LogP contribution in [-0.2, 0) is 27.2 Å². The molecule has 0 aliphatic carbocycles. The van der Waals surface area contributed by atoms with Crippen LogP contribution in [0.2, 0.25) is 5.15 Å². The molecule has 2 amide bonds. The lowest BCUT2D eigenvalue weighted by Crippen LogP contribution is -2.41. The Kier molecular flexibility index (Phi) is 10.2. The predicted molar refractivity (Wildman–Crippen MR) is 176 cm³/mol. The minimum atomic E-state index is -0.674. The molecule has 0 saturated heterocycles. The first kappa shape index (κ1) is 33.5. The van der Waals surface area contributed by atoms with Gasteiger partial charge in [-0.15, -0.1) is 0 Å². The largest absolute Gasteiger partial charge is 0.494 e. The smallest absolute Gasteiger partial charge is 0.415 e. The monoisotopic (exact) mass is 664 g/mol. The fourth-order valence-electron chi connectivity index (χ4n) is 5.07. The van der Waals surface area contributed by atoms with Gasteiger partial charge in [0.15, 0.2) is 5.69 Å². The van der Waals surface area contributed by atoms with Crippen molar-refractivity contribution in [2.24, 2.45) is 0 Å². The third-order valence-corrected chi connectivity index (χ3v) is 7.40. The van der Waals surface area contributed by atoms with Crippen LogP contribution in [0.1, 0.15) is 42.4 Å². The summed E-state index contributed by atoms with van der Waals surface area (Å²) in [5.41, 5.74) is 2.83. The third kappa shape index (κ3) is 7.92. The number of nitrogens with zero attached hydrogens (tertiary/aromatic N) is 4. The predicted octanol–water partition coefficient (Wildman–Crippen LogP) is 4.45. The second-order valence-electron chi connectivity index (χ2n) is 11.8. The Morgan fingerprint density at radius 3 is 2.57 bits per heavy atom. The van der Waals surface area contributed by atoms with Crippen LogP contribution in [-0.4, -0.2) is 78.8 Å². The number of pyridine rings is 1. The third-order valence-electron chi connectivity index (χ3n) is 7.20. The molecule has 1 aliphatic heterocycles. The number of benzene rings is 2. The minimum absolute atomic E-state index is 0.149. The Bertz CT molecular complexity index is 1800. The number of aromatic nitrogens is 3. The van der Waals surface area contributed by atoms with Gasteiger partial charge in [0.1, 0.15) is 34.5 Å². The van der Waals surface area contributed by atoms with Crippen molar-refractivity contribution in [2.45, 2.75) is 39.3 Å². The molecule has 248 valence electrons. The summed E-state index contributed by atoms with van der Waals surface area (Å²) >= 11 is 6.28. The fraction of sp³-hybridized carbons (Fsp3) is 0.364. The van der Waals surface area contributed by atoms with Crippen LogP contribution < -0.4 is 25.0 Å². The van der Waals surface area contributed by atoms with Gasteiger partial charge in [-0.1, -0.05) is 35.9 Å². The van der Waals surface area contributed by atoms with Crippen molar-refractivity contribution in [1.29, 1.82) is 0 Å². The van der Waals surface area contributed by atoms with Crippen molar-refractivity contribution in [2.75, 3.05) is 45.4 Å². The van der Waals surface area contributed by atoms with E-state index in [4.69, 9.17) is 30.5 Å². The van der Waals surface area contributed by atoms with Crippen molar-refractivity contribution in [1.82, 2.24) is 25.4 Å². The van der Waals surface area contributed by atoms with Crippen molar-refractivity contribution in [3.63, 3.8) is 0 Å². The van der Waals surface area contributed by atoms with E-state index in [-0.39, 0.29) is 29.8 Å². The molecule has 0 unspecified atom stereocenters. The molecule has 0 radical (unpaired) electrons. The highest BCUT2D eigenvalue weighted by atomic mass is 35.5. The van der Waals surface area contributed by atoms with Crippen LogP contribution in [0, 0.1) is 0 Å². The molecule has 0 spiro atoms. The van der Waals surface area contributed by atoms with Gasteiger partial charge < -0.3 is 29.6 Å². The summed E-state index contributed by atoms with van der Waals surface area (Å²) in [7, 11) is 2.87. The first-order valence-corrected chi connectivity index (χ1v) is 15.4. The number of nitrogens with one attached hydrogen (secondary N) is 2. The van der Waals surface area contributed by atoms with Crippen molar-refractivity contribution < 1.29 is 33.3 Å². The first-order valence-electron chi connectivity index (χ1n) is 15.0. The lowest BCUT2D eigenvalue weighted by atomic mass is 10.1. The number of hydrogen-bond acceptors (Lipinski definition) is 10. The van der Waals surface area contributed by atoms with Gasteiger partial charge in [0.25, 0.3) is 5.91 Å². The number of methoxy groups -OCH3 is 2. The van der Waals surface area contributed by atoms with E-state index in [1.165, 1.54) is 25.3 Å². The van der Waals surface area contributed by atoms with Gasteiger partial charge >= 0.3 is 12.1 Å². The van der Waals surface area contributed by atoms with E-state index in [0.717, 1.165) is 11.1 Å². The zero-order valence-corrected chi connectivity index (χ0v) is 27.6. The normalized spacial score (nSPS) is 12.7. The van der Waals surface area contributed by atoms with Gasteiger partial charge in [0, 0.05) is 44.0 Å². The van der Waals surface area contributed by atoms with Gasteiger partial charge in [0.2, 0.25) is 0 Å². The molecular weight excluding hydrogens is 628 g/mol. The van der Waals surface area contributed by atoms with E-state index in [9.17, 15) is 14.4 Å². The Balaban J connectivity index is 1.34. The average molecular weight is 665 g/mol. The van der Waals surface area contributed by atoms with Gasteiger partial charge in [-0.25, -0.2) is 14.5 Å². The first-order chi connectivity index (χ1) is 22.5. The van der Waals surface area contributed by atoms with Crippen molar-refractivity contribution >= 4 is 46.2 Å². The molecule has 3 heterocycles. The molecule has 5 rings (SSSR count). The maximum atomic E-state index is 13.4. The van der Waals surface area contributed by atoms with E-state index in [0.29, 0.717) is 60.0 Å². The standard InChI is InChI=1S/C33H37ClN6O7/c1-33(2,3)47-32(43)39-11-12-46-27-16-25(26(44-4)15-24(27)39)40-23-17-28(34)37-19-22(23)30(38-40)31(42)36-10-9-35-18-21-8-6-7-20(13-21)14-29(41)45-5/h6-8,13,15-17,19,35H,9-12,14,18H2,1-5H3,(H,36,42). The Morgan fingerprint density at radius 1 is 1.04 bits per heavy atom. The maximum Gasteiger partial charge on any atom is 0.415 e. The van der Waals surface area contributed by atoms with Crippen LogP contribution in [0.25, 0.3) is 16.6 Å². The molecule has 2 aromatic heterocycles. The Labute approximate surface area is 277 Å². The van der Waals surface area contributed by atoms with Gasteiger partial charge in [0.05, 0.1) is 43.8 Å². The summed E-state index contributed by atoms with van der Waals surface area (Å²) in [4.78, 5) is 43.6. The minimum Gasteiger partial charge on any atom is -0.494 e. The second kappa shape index (κ2) is 14.3. The number of hydrogen-bond donors (Lipinski definition) is 2.